The molecule has 0 aromatic carbocycles. The zero-order chi connectivity index (χ0) is 10.1. The maximum atomic E-state index is 2.52. The Morgan fingerprint density at radius 1 is 0.923 bits per heavy atom. The molecule has 0 saturated heterocycles. The molecule has 0 heterocycles. The highest BCUT2D eigenvalue weighted by Crippen LogP contribution is 2.14. The zero-order valence-corrected chi connectivity index (χ0v) is 9.97. The summed E-state index contributed by atoms with van der Waals surface area (Å²) in [7, 11) is 0. The van der Waals surface area contributed by atoms with Gasteiger partial charge in [0, 0.05) is 0 Å². The predicted octanol–water partition coefficient (Wildman–Crippen LogP) is 3.54. The lowest BCUT2D eigenvalue weighted by Gasteiger charge is -2.19. The Hall–Kier alpha value is -0.0400. The van der Waals surface area contributed by atoms with Crippen LogP contribution in [0.1, 0.15) is 53.4 Å². The molecule has 0 aliphatic rings. The van der Waals surface area contributed by atoms with Gasteiger partial charge in [-0.2, -0.15) is 0 Å². The molecule has 0 aliphatic carbocycles. The first-order chi connectivity index (χ1) is 6.28. The van der Waals surface area contributed by atoms with Gasteiger partial charge in [-0.3, -0.25) is 0 Å². The summed E-state index contributed by atoms with van der Waals surface area (Å²) in [6.07, 6.45) is 5.51. The van der Waals surface area contributed by atoms with E-state index >= 15 is 0 Å². The SMILES string of the molecule is CCC(CC)CCCN(CC)CC. The van der Waals surface area contributed by atoms with E-state index in [0.717, 1.165) is 5.92 Å². The molecule has 0 aliphatic heterocycles. The molecule has 0 aromatic heterocycles. The summed E-state index contributed by atoms with van der Waals surface area (Å²) >= 11 is 0. The van der Waals surface area contributed by atoms with Gasteiger partial charge in [0.15, 0.2) is 0 Å². The van der Waals surface area contributed by atoms with Crippen LogP contribution < -0.4 is 0 Å². The molecule has 0 bridgehead atoms. The van der Waals surface area contributed by atoms with Crippen LogP contribution in [-0.2, 0) is 0 Å². The normalized spacial score (nSPS) is 11.5. The van der Waals surface area contributed by atoms with Crippen LogP contribution in [0.25, 0.3) is 0 Å². The molecule has 0 rings (SSSR count). The van der Waals surface area contributed by atoms with Crippen molar-refractivity contribution in [1.29, 1.82) is 0 Å². The summed E-state index contributed by atoms with van der Waals surface area (Å²) < 4.78 is 0. The molecule has 0 unspecified atom stereocenters. The third kappa shape index (κ3) is 6.09. The minimum absolute atomic E-state index is 0.968. The second kappa shape index (κ2) is 8.55. The van der Waals surface area contributed by atoms with E-state index in [1.54, 1.807) is 0 Å². The second-order valence-corrected chi connectivity index (χ2v) is 3.85. The van der Waals surface area contributed by atoms with Crippen LogP contribution in [0.3, 0.4) is 0 Å². The van der Waals surface area contributed by atoms with E-state index in [0.29, 0.717) is 0 Å². The highest BCUT2D eigenvalue weighted by molar-refractivity contribution is 4.58. The summed E-state index contributed by atoms with van der Waals surface area (Å²) in [6, 6.07) is 0. The van der Waals surface area contributed by atoms with Crippen LogP contribution in [0, 0.1) is 5.92 Å². The molecule has 0 atom stereocenters. The molecule has 80 valence electrons. The van der Waals surface area contributed by atoms with Crippen molar-refractivity contribution in [3.63, 3.8) is 0 Å². The monoisotopic (exact) mass is 185 g/mol. The largest absolute Gasteiger partial charge is 0.304 e. The molecule has 0 amide bonds. The van der Waals surface area contributed by atoms with Crippen molar-refractivity contribution < 1.29 is 0 Å². The molecule has 0 fully saturated rings. The van der Waals surface area contributed by atoms with Crippen molar-refractivity contribution in [1.82, 2.24) is 4.90 Å². The molecule has 0 N–H and O–H groups in total. The lowest BCUT2D eigenvalue weighted by atomic mass is 9.97. The van der Waals surface area contributed by atoms with Gasteiger partial charge in [-0.15, -0.1) is 0 Å². The second-order valence-electron chi connectivity index (χ2n) is 3.85. The van der Waals surface area contributed by atoms with E-state index in [1.165, 1.54) is 45.3 Å². The summed E-state index contributed by atoms with van der Waals surface area (Å²) in [6.45, 7) is 12.8. The quantitative estimate of drug-likeness (QED) is 0.559. The average molecular weight is 185 g/mol. The van der Waals surface area contributed by atoms with Crippen molar-refractivity contribution >= 4 is 0 Å². The van der Waals surface area contributed by atoms with Crippen molar-refractivity contribution in [2.45, 2.75) is 53.4 Å². The summed E-state index contributed by atoms with van der Waals surface area (Å²) in [5.74, 6) is 0.968. The van der Waals surface area contributed by atoms with Crippen LogP contribution in [0.15, 0.2) is 0 Å². The molecule has 0 aromatic rings. The van der Waals surface area contributed by atoms with Gasteiger partial charge in [-0.25, -0.2) is 0 Å². The smallest absolute Gasteiger partial charge is 0.00189 e. The minimum atomic E-state index is 0.968. The maximum Gasteiger partial charge on any atom is -0.00189 e. The summed E-state index contributed by atoms with van der Waals surface area (Å²) in [5.41, 5.74) is 0. The van der Waals surface area contributed by atoms with E-state index in [1.807, 2.05) is 0 Å². The molecular formula is C12H27N. The van der Waals surface area contributed by atoms with Gasteiger partial charge in [0.05, 0.1) is 0 Å². The van der Waals surface area contributed by atoms with Gasteiger partial charge in [-0.1, -0.05) is 40.5 Å². The predicted molar refractivity (Wildman–Crippen MR) is 61.1 cm³/mol. The number of rotatable bonds is 8. The van der Waals surface area contributed by atoms with Crippen LogP contribution in [-0.4, -0.2) is 24.5 Å². The number of nitrogens with zero attached hydrogens (tertiary/aromatic N) is 1. The Labute approximate surface area is 84.5 Å². The first-order valence-electron chi connectivity index (χ1n) is 6.00. The first-order valence-corrected chi connectivity index (χ1v) is 6.00. The summed E-state index contributed by atoms with van der Waals surface area (Å²) in [5, 5.41) is 0. The standard InChI is InChI=1S/C12H27N/c1-5-12(6-2)10-9-11-13(7-3)8-4/h12H,5-11H2,1-4H3. The van der Waals surface area contributed by atoms with Crippen LogP contribution in [0.2, 0.25) is 0 Å². The van der Waals surface area contributed by atoms with Crippen molar-refractivity contribution in [3.8, 4) is 0 Å². The zero-order valence-electron chi connectivity index (χ0n) is 9.97. The molecule has 13 heavy (non-hydrogen) atoms. The van der Waals surface area contributed by atoms with Crippen LogP contribution in [0.4, 0.5) is 0 Å². The van der Waals surface area contributed by atoms with E-state index in [2.05, 4.69) is 32.6 Å². The molecule has 1 heteroatoms. The Bertz CT molecular complexity index is 81.3. The van der Waals surface area contributed by atoms with Gasteiger partial charge < -0.3 is 4.90 Å². The fourth-order valence-corrected chi connectivity index (χ4v) is 1.84. The third-order valence-electron chi connectivity index (χ3n) is 3.14. The van der Waals surface area contributed by atoms with Crippen molar-refractivity contribution in [2.75, 3.05) is 19.6 Å². The van der Waals surface area contributed by atoms with Crippen molar-refractivity contribution in [3.05, 3.63) is 0 Å². The van der Waals surface area contributed by atoms with Gasteiger partial charge in [0.25, 0.3) is 0 Å². The van der Waals surface area contributed by atoms with Gasteiger partial charge in [0.1, 0.15) is 0 Å². The average Bonchev–Trinajstić information content (AvgIpc) is 2.19. The van der Waals surface area contributed by atoms with E-state index in [4.69, 9.17) is 0 Å². The lowest BCUT2D eigenvalue weighted by molar-refractivity contribution is 0.283. The third-order valence-corrected chi connectivity index (χ3v) is 3.14. The minimum Gasteiger partial charge on any atom is -0.304 e. The fraction of sp³-hybridized carbons (Fsp3) is 1.00. The van der Waals surface area contributed by atoms with Crippen molar-refractivity contribution in [2.24, 2.45) is 5.92 Å². The molecular weight excluding hydrogens is 158 g/mol. The maximum absolute atomic E-state index is 2.52. The Morgan fingerprint density at radius 2 is 1.46 bits per heavy atom. The Balaban J connectivity index is 3.41. The van der Waals surface area contributed by atoms with Gasteiger partial charge in [-0.05, 0) is 38.4 Å². The van der Waals surface area contributed by atoms with E-state index < -0.39 is 0 Å². The number of hydrogen-bond acceptors (Lipinski definition) is 1. The van der Waals surface area contributed by atoms with Crippen LogP contribution >= 0.6 is 0 Å². The number of hydrogen-bond donors (Lipinski definition) is 0. The topological polar surface area (TPSA) is 3.24 Å². The van der Waals surface area contributed by atoms with Gasteiger partial charge in [0.2, 0.25) is 0 Å². The Kier molecular flexibility index (Phi) is 8.53. The van der Waals surface area contributed by atoms with Crippen LogP contribution in [0.5, 0.6) is 0 Å². The molecule has 1 nitrogen and oxygen atoms in total. The Morgan fingerprint density at radius 3 is 1.85 bits per heavy atom. The molecule has 0 saturated carbocycles. The molecule has 0 spiro atoms. The first kappa shape index (κ1) is 13.0. The highest BCUT2D eigenvalue weighted by Gasteiger charge is 2.04. The van der Waals surface area contributed by atoms with E-state index in [9.17, 15) is 0 Å². The fourth-order valence-electron chi connectivity index (χ4n) is 1.84. The van der Waals surface area contributed by atoms with Gasteiger partial charge >= 0.3 is 0 Å². The molecule has 0 radical (unpaired) electrons. The summed E-state index contributed by atoms with van der Waals surface area (Å²) in [4.78, 5) is 2.52. The highest BCUT2D eigenvalue weighted by atomic mass is 15.1. The van der Waals surface area contributed by atoms with E-state index in [-0.39, 0.29) is 0 Å². The lowest BCUT2D eigenvalue weighted by Crippen LogP contribution is -2.24.